The third-order valence-electron chi connectivity index (χ3n) is 2.88. The summed E-state index contributed by atoms with van der Waals surface area (Å²) in [5, 5.41) is 11.1. The molecular weight excluding hydrogens is 417 g/mol. The second-order valence-electron chi connectivity index (χ2n) is 4.75. The Bertz CT molecular complexity index is 1040. The third-order valence-corrected chi connectivity index (χ3v) is 3.35. The molecule has 0 aliphatic carbocycles. The van der Waals surface area contributed by atoms with E-state index in [9.17, 15) is 9.90 Å². The van der Waals surface area contributed by atoms with Gasteiger partial charge in [-0.3, -0.25) is 4.79 Å². The average Bonchev–Trinajstić information content (AvgIpc) is 2.48. The van der Waals surface area contributed by atoms with E-state index in [1.807, 2.05) is 0 Å². The van der Waals surface area contributed by atoms with Gasteiger partial charge in [0.05, 0.1) is 16.5 Å². The minimum absolute atomic E-state index is 0. The molecule has 0 unspecified atom stereocenters. The molecular formula is C14H12Cl2N2NaO6P. The minimum Gasteiger partial charge on any atom is -1.00 e. The summed E-state index contributed by atoms with van der Waals surface area (Å²) >= 11 is 11.8. The van der Waals surface area contributed by atoms with Crippen molar-refractivity contribution < 1.29 is 55.3 Å². The van der Waals surface area contributed by atoms with Gasteiger partial charge in [0, 0.05) is 10.0 Å². The van der Waals surface area contributed by atoms with Gasteiger partial charge < -0.3 is 26.2 Å². The van der Waals surface area contributed by atoms with Crippen LogP contribution in [0.4, 0.5) is 0 Å². The first-order chi connectivity index (χ1) is 11.5. The monoisotopic (exact) mass is 428 g/mol. The summed E-state index contributed by atoms with van der Waals surface area (Å²) in [6.07, 6.45) is 0. The number of fused-ring (bicyclic) bond motifs is 1. The first-order valence-electron chi connectivity index (χ1n) is 6.51. The van der Waals surface area contributed by atoms with Gasteiger partial charge in [0.1, 0.15) is 11.6 Å². The molecule has 0 atom stereocenters. The zero-order chi connectivity index (χ0) is 18.8. The topological polar surface area (TPSA) is 144 Å². The number of phenols is 1. The maximum absolute atomic E-state index is 12.1. The molecule has 8 nitrogen and oxygen atoms in total. The zero-order valence-electron chi connectivity index (χ0n) is 14.2. The fourth-order valence-electron chi connectivity index (χ4n) is 1.94. The molecule has 0 radical (unpaired) electrons. The normalized spacial score (nSPS) is 10.7. The van der Waals surface area contributed by atoms with Gasteiger partial charge >= 0.3 is 37.4 Å². The van der Waals surface area contributed by atoms with Gasteiger partial charge in [-0.15, -0.1) is 0 Å². The van der Waals surface area contributed by atoms with E-state index in [4.69, 9.17) is 42.4 Å². The second-order valence-corrected chi connectivity index (χ2v) is 6.65. The van der Waals surface area contributed by atoms with Crippen molar-refractivity contribution in [3.63, 3.8) is 0 Å². The molecule has 1 heterocycles. The standard InChI is InChI=1S/C14H8Cl2N2O2.Na.H3O4P.H/c15-7-1-3-11-9(5-7)14(20)18-13(17-11)10-6-8(16)2-4-12(10)19;;1-5(2,3)4;/h1-6,19H,(H,17,18,20);;(H3,1,2,3,4);/q;+1;;-1. The van der Waals surface area contributed by atoms with Crippen LogP contribution in [0.25, 0.3) is 22.3 Å². The van der Waals surface area contributed by atoms with Crippen molar-refractivity contribution in [2.75, 3.05) is 0 Å². The predicted molar refractivity (Wildman–Crippen MR) is 94.9 cm³/mol. The number of benzene rings is 2. The van der Waals surface area contributed by atoms with E-state index in [0.717, 1.165) is 0 Å². The van der Waals surface area contributed by atoms with Gasteiger partial charge in [0.25, 0.3) is 5.56 Å². The summed E-state index contributed by atoms with van der Waals surface area (Å²) in [6, 6.07) is 9.39. The summed E-state index contributed by atoms with van der Waals surface area (Å²) < 4.78 is 8.88. The summed E-state index contributed by atoms with van der Waals surface area (Å²) in [6.45, 7) is 0. The molecule has 134 valence electrons. The molecule has 2 aromatic carbocycles. The molecule has 26 heavy (non-hydrogen) atoms. The SMILES string of the molecule is O=P(O)(O)O.O=c1[nH]c(-c2cc(Cl)ccc2O)nc2ccc(Cl)cc12.[H-].[Na+]. The first-order valence-corrected chi connectivity index (χ1v) is 8.83. The van der Waals surface area contributed by atoms with Gasteiger partial charge in [-0.1, -0.05) is 23.2 Å². The number of aromatic amines is 1. The maximum Gasteiger partial charge on any atom is 1.00 e. The minimum atomic E-state index is -4.64. The maximum atomic E-state index is 12.1. The number of H-pyrrole nitrogens is 1. The van der Waals surface area contributed by atoms with E-state index >= 15 is 0 Å². The van der Waals surface area contributed by atoms with Gasteiger partial charge in [-0.05, 0) is 36.4 Å². The number of nitrogens with zero attached hydrogens (tertiary/aromatic N) is 1. The van der Waals surface area contributed by atoms with Gasteiger partial charge in [0.15, 0.2) is 0 Å². The quantitative estimate of drug-likeness (QED) is 0.266. The third kappa shape index (κ3) is 6.66. The first kappa shape index (κ1) is 23.1. The van der Waals surface area contributed by atoms with Crippen LogP contribution in [0.5, 0.6) is 5.75 Å². The Hall–Kier alpha value is -0.930. The fourth-order valence-corrected chi connectivity index (χ4v) is 2.28. The number of phenolic OH excluding ortho intramolecular Hbond substituents is 1. The number of phosphoric acid groups is 1. The van der Waals surface area contributed by atoms with Crippen molar-refractivity contribution in [1.29, 1.82) is 0 Å². The zero-order valence-corrected chi connectivity index (χ0v) is 17.6. The molecule has 1 aromatic heterocycles. The van der Waals surface area contributed by atoms with Crippen LogP contribution < -0.4 is 35.1 Å². The molecule has 0 saturated heterocycles. The van der Waals surface area contributed by atoms with Crippen molar-refractivity contribution in [3.05, 3.63) is 56.8 Å². The fraction of sp³-hybridized carbons (Fsp3) is 0. The molecule has 5 N–H and O–H groups in total. The summed E-state index contributed by atoms with van der Waals surface area (Å²) in [5.41, 5.74) is 0.533. The smallest absolute Gasteiger partial charge is 1.00 e. The van der Waals surface area contributed by atoms with Crippen LogP contribution in [-0.4, -0.2) is 29.8 Å². The number of aromatic nitrogens is 2. The molecule has 12 heteroatoms. The van der Waals surface area contributed by atoms with Crippen molar-refractivity contribution >= 4 is 41.9 Å². The Kier molecular flexibility index (Phi) is 8.29. The Morgan fingerprint density at radius 3 is 2.19 bits per heavy atom. The van der Waals surface area contributed by atoms with E-state index in [2.05, 4.69) is 9.97 Å². The van der Waals surface area contributed by atoms with Crippen LogP contribution >= 0.6 is 31.0 Å². The number of rotatable bonds is 1. The van der Waals surface area contributed by atoms with Gasteiger partial charge in [-0.25, -0.2) is 9.55 Å². The predicted octanol–water partition coefficient (Wildman–Crippen LogP) is -0.210. The number of hydrogen-bond donors (Lipinski definition) is 5. The molecule has 3 rings (SSSR count). The van der Waals surface area contributed by atoms with E-state index < -0.39 is 7.82 Å². The van der Waals surface area contributed by atoms with Crippen LogP contribution in [0.1, 0.15) is 1.43 Å². The Labute approximate surface area is 180 Å². The summed E-state index contributed by atoms with van der Waals surface area (Å²) in [4.78, 5) is 40.5. The number of aromatic hydroxyl groups is 1. The Balaban J connectivity index is 0.000000864. The molecule has 0 aliphatic rings. The molecule has 0 spiro atoms. The van der Waals surface area contributed by atoms with Crippen LogP contribution in [-0.2, 0) is 4.57 Å². The molecule has 0 bridgehead atoms. The molecule has 0 fully saturated rings. The van der Waals surface area contributed by atoms with Crippen LogP contribution in [0.3, 0.4) is 0 Å². The van der Waals surface area contributed by atoms with Crippen LogP contribution in [0, 0.1) is 0 Å². The Morgan fingerprint density at radius 2 is 1.58 bits per heavy atom. The van der Waals surface area contributed by atoms with Crippen molar-refractivity contribution in [2.24, 2.45) is 0 Å². The van der Waals surface area contributed by atoms with Gasteiger partial charge in [-0.2, -0.15) is 0 Å². The largest absolute Gasteiger partial charge is 1.00 e. The van der Waals surface area contributed by atoms with E-state index in [1.54, 1.807) is 24.3 Å². The number of halogens is 2. The summed E-state index contributed by atoms with van der Waals surface area (Å²) in [5.74, 6) is 0.246. The second kappa shape index (κ2) is 9.32. The van der Waals surface area contributed by atoms with Crippen LogP contribution in [0.15, 0.2) is 41.2 Å². The van der Waals surface area contributed by atoms with Crippen molar-refractivity contribution in [1.82, 2.24) is 9.97 Å². The van der Waals surface area contributed by atoms with Crippen molar-refractivity contribution in [2.45, 2.75) is 0 Å². The summed E-state index contributed by atoms with van der Waals surface area (Å²) in [7, 11) is -4.64. The van der Waals surface area contributed by atoms with E-state index in [1.165, 1.54) is 12.1 Å². The number of hydrogen-bond acceptors (Lipinski definition) is 4. The molecule has 0 amide bonds. The average molecular weight is 429 g/mol. The van der Waals surface area contributed by atoms with E-state index in [0.29, 0.717) is 26.5 Å². The van der Waals surface area contributed by atoms with E-state index in [-0.39, 0.29) is 48.1 Å². The molecule has 0 aliphatic heterocycles. The molecule has 0 saturated carbocycles. The van der Waals surface area contributed by atoms with Gasteiger partial charge in [0.2, 0.25) is 0 Å². The van der Waals surface area contributed by atoms with Crippen LogP contribution in [0.2, 0.25) is 10.0 Å². The van der Waals surface area contributed by atoms with Crippen molar-refractivity contribution in [3.8, 4) is 17.1 Å². The molecule has 3 aromatic rings. The number of nitrogens with one attached hydrogen (secondary N) is 1. The Morgan fingerprint density at radius 1 is 1.04 bits per heavy atom.